The van der Waals surface area contributed by atoms with Crippen LogP contribution in [0.4, 0.5) is 17.1 Å². The average molecular weight is 481 g/mol. The molecule has 180 valence electrons. The fourth-order valence-corrected chi connectivity index (χ4v) is 8.91. The van der Waals surface area contributed by atoms with Gasteiger partial charge in [0.1, 0.15) is 0 Å². The number of para-hydroxylation sites is 1. The topological polar surface area (TPSA) is 90.3 Å². The highest BCUT2D eigenvalue weighted by atomic mass is 28.4. The van der Waals surface area contributed by atoms with Crippen LogP contribution in [-0.4, -0.2) is 49.3 Å². The molecule has 2 aromatic carbocycles. The maximum Gasteiger partial charge on any atom is 0.268 e. The number of aliphatic hydroxyl groups excluding tert-OH is 1. The summed E-state index contributed by atoms with van der Waals surface area (Å²) in [5.41, 5.74) is 1.45. The van der Waals surface area contributed by atoms with Gasteiger partial charge in [-0.3, -0.25) is 14.5 Å². The van der Waals surface area contributed by atoms with Gasteiger partial charge in [0.05, 0.1) is 11.8 Å². The van der Waals surface area contributed by atoms with E-state index in [4.69, 9.17) is 4.74 Å². The summed E-state index contributed by atoms with van der Waals surface area (Å²) in [7, 11) is -2.75. The molecular formula is C26H32N2O5Si. The number of hydrogen-bond acceptors (Lipinski definition) is 5. The number of carbonyl (C=O) groups excluding carboxylic acids is 2. The summed E-state index contributed by atoms with van der Waals surface area (Å²) in [6, 6.07) is 15.2. The van der Waals surface area contributed by atoms with Gasteiger partial charge < -0.3 is 19.5 Å². The van der Waals surface area contributed by atoms with Crippen LogP contribution in [0.5, 0.6) is 0 Å². The van der Waals surface area contributed by atoms with E-state index in [1.807, 2.05) is 68.5 Å². The van der Waals surface area contributed by atoms with Gasteiger partial charge in [-0.1, -0.05) is 25.1 Å². The summed E-state index contributed by atoms with van der Waals surface area (Å²) in [6.45, 7) is 6.30. The predicted octanol–water partition coefficient (Wildman–Crippen LogP) is 3.67. The van der Waals surface area contributed by atoms with Gasteiger partial charge in [0.2, 0.25) is 5.91 Å². The number of rotatable bonds is 5. The van der Waals surface area contributed by atoms with Gasteiger partial charge in [-0.05, 0) is 56.3 Å². The van der Waals surface area contributed by atoms with E-state index in [0.29, 0.717) is 19.4 Å². The van der Waals surface area contributed by atoms with Crippen LogP contribution in [0.3, 0.4) is 0 Å². The molecule has 0 saturated carbocycles. The zero-order valence-electron chi connectivity index (χ0n) is 19.9. The number of nitrogens with zero attached hydrogens (tertiary/aromatic N) is 2. The lowest BCUT2D eigenvalue weighted by Crippen LogP contribution is -2.45. The third-order valence-electron chi connectivity index (χ3n) is 7.69. The van der Waals surface area contributed by atoms with Gasteiger partial charge in [0.15, 0.2) is 13.9 Å². The molecule has 2 amide bonds. The van der Waals surface area contributed by atoms with Crippen molar-refractivity contribution in [1.82, 2.24) is 0 Å². The first-order valence-electron chi connectivity index (χ1n) is 12.1. The maximum atomic E-state index is 14.3. The Morgan fingerprint density at radius 2 is 1.85 bits per heavy atom. The Balaban J connectivity index is 1.70. The largest absolute Gasteiger partial charge is 0.432 e. The molecule has 8 heteroatoms. The number of benzene rings is 2. The van der Waals surface area contributed by atoms with Crippen molar-refractivity contribution in [3.8, 4) is 0 Å². The molecule has 2 N–H and O–H groups in total. The fraction of sp³-hybridized carbons (Fsp3) is 0.462. The minimum atomic E-state index is -2.75. The van der Waals surface area contributed by atoms with Crippen molar-refractivity contribution >= 4 is 37.2 Å². The van der Waals surface area contributed by atoms with Crippen LogP contribution in [0.1, 0.15) is 31.7 Å². The van der Waals surface area contributed by atoms with Crippen molar-refractivity contribution in [2.45, 2.75) is 56.5 Å². The molecule has 2 aromatic rings. The van der Waals surface area contributed by atoms with Crippen LogP contribution in [0.25, 0.3) is 0 Å². The molecule has 0 unspecified atom stereocenters. The van der Waals surface area contributed by atoms with Crippen LogP contribution < -0.4 is 9.80 Å². The smallest absolute Gasteiger partial charge is 0.268 e. The lowest BCUT2D eigenvalue weighted by atomic mass is 9.82. The molecule has 0 bridgehead atoms. The zero-order chi connectivity index (χ0) is 24.3. The number of amides is 2. The maximum absolute atomic E-state index is 14.3. The predicted molar refractivity (Wildman–Crippen MR) is 132 cm³/mol. The second-order valence-corrected chi connectivity index (χ2v) is 14.2. The first-order valence-corrected chi connectivity index (χ1v) is 15.1. The monoisotopic (exact) mass is 480 g/mol. The lowest BCUT2D eigenvalue weighted by molar-refractivity contribution is -0.145. The standard InChI is InChI=1S/C26H32N2O5Si/c1-17-24(34(2,3)32)22(13-15-29)33-26(17)20-16-19(27-14-7-10-23(27)30)11-12-21(20)28(25(26)31)18-8-5-4-6-9-18/h4-6,8-9,11-12,16-17,22,24,29,32H,7,10,13-15H2,1-3H3/t17-,22+,24-,26+/m1/s1. The summed E-state index contributed by atoms with van der Waals surface area (Å²) >= 11 is 0. The molecule has 0 aromatic heterocycles. The molecule has 3 aliphatic rings. The average Bonchev–Trinajstić information content (AvgIpc) is 3.42. The molecule has 34 heavy (non-hydrogen) atoms. The second-order valence-electron chi connectivity index (χ2n) is 10.2. The van der Waals surface area contributed by atoms with Crippen LogP contribution in [0, 0.1) is 5.92 Å². The van der Waals surface area contributed by atoms with Crippen LogP contribution >= 0.6 is 0 Å². The number of fused-ring (bicyclic) bond motifs is 2. The van der Waals surface area contributed by atoms with Crippen molar-refractivity contribution in [3.05, 3.63) is 54.1 Å². The molecule has 5 rings (SSSR count). The summed E-state index contributed by atoms with van der Waals surface area (Å²) in [6.07, 6.45) is 1.26. The minimum absolute atomic E-state index is 0.0820. The van der Waals surface area contributed by atoms with E-state index in [1.165, 1.54) is 0 Å². The van der Waals surface area contributed by atoms with Crippen LogP contribution in [0.15, 0.2) is 48.5 Å². The number of ether oxygens (including phenoxy) is 1. The summed E-state index contributed by atoms with van der Waals surface area (Å²) in [4.78, 5) is 41.5. The molecule has 7 nitrogen and oxygen atoms in total. The van der Waals surface area contributed by atoms with Gasteiger partial charge in [-0.15, -0.1) is 0 Å². The van der Waals surface area contributed by atoms with E-state index in [0.717, 1.165) is 29.0 Å². The molecule has 1 spiro atoms. The Labute approximate surface area is 201 Å². The highest BCUT2D eigenvalue weighted by Gasteiger charge is 2.66. The number of hydrogen-bond donors (Lipinski definition) is 2. The number of aliphatic hydroxyl groups is 1. The number of carbonyl (C=O) groups is 2. The first-order chi connectivity index (χ1) is 16.2. The summed E-state index contributed by atoms with van der Waals surface area (Å²) in [5.74, 6) is -0.409. The second kappa shape index (κ2) is 8.30. The van der Waals surface area contributed by atoms with E-state index in [-0.39, 0.29) is 29.9 Å². The molecular weight excluding hydrogens is 448 g/mol. The molecule has 0 radical (unpaired) electrons. The third-order valence-corrected chi connectivity index (χ3v) is 10.2. The molecule has 2 saturated heterocycles. The van der Waals surface area contributed by atoms with Crippen molar-refractivity contribution < 1.29 is 24.2 Å². The Hall–Kier alpha value is -2.52. The van der Waals surface area contributed by atoms with E-state index < -0.39 is 20.0 Å². The minimum Gasteiger partial charge on any atom is -0.432 e. The van der Waals surface area contributed by atoms with Gasteiger partial charge in [0, 0.05) is 48.0 Å². The Kier molecular flexibility index (Phi) is 5.67. The van der Waals surface area contributed by atoms with E-state index >= 15 is 0 Å². The van der Waals surface area contributed by atoms with E-state index in [1.54, 1.807) is 9.80 Å². The number of anilines is 3. The van der Waals surface area contributed by atoms with Gasteiger partial charge in [-0.2, -0.15) is 0 Å². The van der Waals surface area contributed by atoms with Crippen LogP contribution in [-0.2, 0) is 19.9 Å². The van der Waals surface area contributed by atoms with Gasteiger partial charge in [0.25, 0.3) is 5.91 Å². The molecule has 3 heterocycles. The van der Waals surface area contributed by atoms with Crippen molar-refractivity contribution in [2.24, 2.45) is 5.92 Å². The first kappa shape index (κ1) is 23.2. The van der Waals surface area contributed by atoms with E-state index in [2.05, 4.69) is 0 Å². The van der Waals surface area contributed by atoms with Gasteiger partial charge >= 0.3 is 0 Å². The fourth-order valence-electron chi connectivity index (χ4n) is 6.31. The van der Waals surface area contributed by atoms with Crippen LogP contribution in [0.2, 0.25) is 18.6 Å². The Bertz CT molecular complexity index is 1120. The van der Waals surface area contributed by atoms with E-state index in [9.17, 15) is 19.5 Å². The molecule has 3 aliphatic heterocycles. The lowest BCUT2D eigenvalue weighted by Gasteiger charge is -2.32. The van der Waals surface area contributed by atoms with Crippen molar-refractivity contribution in [1.29, 1.82) is 0 Å². The van der Waals surface area contributed by atoms with Gasteiger partial charge in [-0.25, -0.2) is 0 Å². The third kappa shape index (κ3) is 3.35. The molecule has 0 aliphatic carbocycles. The summed E-state index contributed by atoms with van der Waals surface area (Å²) in [5, 5.41) is 9.75. The normalized spacial score (nSPS) is 28.9. The van der Waals surface area contributed by atoms with Crippen molar-refractivity contribution in [3.63, 3.8) is 0 Å². The zero-order valence-corrected chi connectivity index (χ0v) is 20.9. The quantitative estimate of drug-likeness (QED) is 0.638. The Morgan fingerprint density at radius 1 is 1.12 bits per heavy atom. The molecule has 4 atom stereocenters. The SMILES string of the molecule is C[C@@H]1[C@@H]([Si](C)(C)O)[C@H](CCO)O[C@@]12C(=O)N(c1ccccc1)c1ccc(N3CCCC3=O)cc12. The highest BCUT2D eigenvalue weighted by molar-refractivity contribution is 6.71. The van der Waals surface area contributed by atoms with Crippen molar-refractivity contribution in [2.75, 3.05) is 23.0 Å². The summed E-state index contributed by atoms with van der Waals surface area (Å²) < 4.78 is 6.66. The molecule has 2 fully saturated rings. The Morgan fingerprint density at radius 3 is 2.47 bits per heavy atom. The highest BCUT2D eigenvalue weighted by Crippen LogP contribution is 2.61.